The van der Waals surface area contributed by atoms with E-state index in [2.05, 4.69) is 36.5 Å². The van der Waals surface area contributed by atoms with Crippen LogP contribution >= 0.6 is 0 Å². The first-order chi connectivity index (χ1) is 10.2. The summed E-state index contributed by atoms with van der Waals surface area (Å²) in [4.78, 5) is 0. The number of benzene rings is 1. The molecule has 1 aromatic rings. The lowest BCUT2D eigenvalue weighted by molar-refractivity contribution is 0.254. The topological polar surface area (TPSA) is 56.5 Å². The highest BCUT2D eigenvalue weighted by Gasteiger charge is 2.25. The maximum Gasteiger partial charge on any atom is 0.124 e. The maximum absolute atomic E-state index is 6.00. The molecule has 1 aromatic carbocycles. The van der Waals surface area contributed by atoms with Crippen LogP contribution in [-0.2, 0) is 6.42 Å². The Bertz CT molecular complexity index is 534. The van der Waals surface area contributed by atoms with Crippen LogP contribution in [0, 0.1) is 0 Å². The Hall–Kier alpha value is -1.52. The second-order valence-corrected chi connectivity index (χ2v) is 5.93. The van der Waals surface area contributed by atoms with Gasteiger partial charge >= 0.3 is 0 Å². The molecule has 0 bridgehead atoms. The summed E-state index contributed by atoms with van der Waals surface area (Å²) in [5, 5.41) is 3.64. The van der Waals surface area contributed by atoms with Crippen LogP contribution in [-0.4, -0.2) is 25.8 Å². The van der Waals surface area contributed by atoms with Crippen molar-refractivity contribution >= 4 is 0 Å². The van der Waals surface area contributed by atoms with Gasteiger partial charge in [0.25, 0.3) is 0 Å². The van der Waals surface area contributed by atoms with E-state index in [-0.39, 0.29) is 12.1 Å². The summed E-state index contributed by atoms with van der Waals surface area (Å²) in [6.45, 7) is 2.64. The van der Waals surface area contributed by atoms with Crippen LogP contribution in [0.4, 0.5) is 0 Å². The molecule has 2 aliphatic rings. The van der Waals surface area contributed by atoms with Crippen LogP contribution in [0.3, 0.4) is 0 Å². The predicted octanol–water partition coefficient (Wildman–Crippen LogP) is 2.33. The van der Waals surface area contributed by atoms with Crippen molar-refractivity contribution in [2.24, 2.45) is 5.73 Å². The lowest BCUT2D eigenvalue weighted by Crippen LogP contribution is -2.35. The van der Waals surface area contributed by atoms with Gasteiger partial charge in [-0.2, -0.15) is 0 Å². The summed E-state index contributed by atoms with van der Waals surface area (Å²) in [6, 6.07) is 4.77. The first-order valence-corrected chi connectivity index (χ1v) is 7.69. The van der Waals surface area contributed by atoms with Gasteiger partial charge in [-0.25, -0.2) is 0 Å². The zero-order valence-electron chi connectivity index (χ0n) is 12.8. The first kappa shape index (κ1) is 14.4. The average molecular weight is 288 g/mol. The second kappa shape index (κ2) is 6.08. The van der Waals surface area contributed by atoms with E-state index >= 15 is 0 Å². The van der Waals surface area contributed by atoms with Gasteiger partial charge in [-0.15, -0.1) is 0 Å². The number of hydrogen-bond acceptors (Lipinski definition) is 4. The molecule has 114 valence electrons. The van der Waals surface area contributed by atoms with Crippen LogP contribution in [0.25, 0.3) is 0 Å². The largest absolute Gasteiger partial charge is 0.496 e. The smallest absolute Gasteiger partial charge is 0.124 e. The third kappa shape index (κ3) is 2.92. The molecule has 0 saturated carbocycles. The summed E-state index contributed by atoms with van der Waals surface area (Å²) in [6.07, 6.45) is 7.75. The number of nitrogens with one attached hydrogen (secondary N) is 1. The van der Waals surface area contributed by atoms with E-state index in [1.54, 1.807) is 7.11 Å². The molecule has 4 nitrogen and oxygen atoms in total. The number of nitrogens with two attached hydrogens (primary N) is 1. The second-order valence-electron chi connectivity index (χ2n) is 5.93. The van der Waals surface area contributed by atoms with Crippen molar-refractivity contribution in [3.63, 3.8) is 0 Å². The van der Waals surface area contributed by atoms with Crippen LogP contribution in [0.2, 0.25) is 0 Å². The Morgan fingerprint density at radius 1 is 1.38 bits per heavy atom. The molecule has 4 heteroatoms. The predicted molar refractivity (Wildman–Crippen MR) is 83.9 cm³/mol. The average Bonchev–Trinajstić information content (AvgIpc) is 3.11. The van der Waals surface area contributed by atoms with Gasteiger partial charge in [0, 0.05) is 36.2 Å². The molecule has 1 aliphatic heterocycles. The Balaban J connectivity index is 1.86. The molecule has 0 amide bonds. The lowest BCUT2D eigenvalue weighted by atomic mass is 10.00. The zero-order valence-corrected chi connectivity index (χ0v) is 12.8. The van der Waals surface area contributed by atoms with E-state index in [1.807, 2.05) is 0 Å². The normalized spacial score (nSPS) is 22.1. The van der Waals surface area contributed by atoms with Crippen LogP contribution < -0.4 is 20.5 Å². The fourth-order valence-electron chi connectivity index (χ4n) is 3.23. The van der Waals surface area contributed by atoms with Gasteiger partial charge in [-0.05, 0) is 31.9 Å². The Morgan fingerprint density at radius 2 is 2.14 bits per heavy atom. The Morgan fingerprint density at radius 3 is 2.81 bits per heavy atom. The minimum absolute atomic E-state index is 0.0923. The van der Waals surface area contributed by atoms with Crippen molar-refractivity contribution in [2.45, 2.75) is 44.4 Å². The fraction of sp³-hybridized carbons (Fsp3) is 0.529. The van der Waals surface area contributed by atoms with Gasteiger partial charge in [-0.1, -0.05) is 12.2 Å². The Kier molecular flexibility index (Phi) is 4.17. The molecular weight excluding hydrogens is 264 g/mol. The minimum atomic E-state index is 0.0923. The molecule has 0 saturated heterocycles. The quantitative estimate of drug-likeness (QED) is 0.817. The zero-order chi connectivity index (χ0) is 14.8. The number of fused-ring (bicyclic) bond motifs is 1. The Labute approximate surface area is 126 Å². The molecule has 3 rings (SSSR count). The van der Waals surface area contributed by atoms with Gasteiger partial charge in [0.1, 0.15) is 17.6 Å². The van der Waals surface area contributed by atoms with Crippen LogP contribution in [0.1, 0.15) is 36.9 Å². The summed E-state index contributed by atoms with van der Waals surface area (Å²) in [7, 11) is 1.72. The molecule has 0 aromatic heterocycles. The van der Waals surface area contributed by atoms with E-state index in [0.717, 1.165) is 36.3 Å². The van der Waals surface area contributed by atoms with E-state index in [4.69, 9.17) is 15.2 Å². The lowest BCUT2D eigenvalue weighted by Gasteiger charge is -2.24. The van der Waals surface area contributed by atoms with Crippen LogP contribution in [0.15, 0.2) is 24.3 Å². The summed E-state index contributed by atoms with van der Waals surface area (Å²) < 4.78 is 11.5. The van der Waals surface area contributed by atoms with Gasteiger partial charge in [0.15, 0.2) is 0 Å². The standard InChI is InChI=1S/C17H24N2O2/c1-11-7-12-8-17(20-2)14(9-16(12)21-11)15(10-18)19-13-5-3-4-6-13/h3-4,8-9,11,13,15,19H,5-7,10,18H2,1-2H3. The van der Waals surface area contributed by atoms with Gasteiger partial charge in [-0.3, -0.25) is 0 Å². The molecule has 2 atom stereocenters. The van der Waals surface area contributed by atoms with Crippen molar-refractivity contribution < 1.29 is 9.47 Å². The highest BCUT2D eigenvalue weighted by molar-refractivity contribution is 5.50. The molecule has 0 radical (unpaired) electrons. The molecule has 21 heavy (non-hydrogen) atoms. The van der Waals surface area contributed by atoms with Gasteiger partial charge in [0.2, 0.25) is 0 Å². The molecule has 0 spiro atoms. The minimum Gasteiger partial charge on any atom is -0.496 e. The highest BCUT2D eigenvalue weighted by atomic mass is 16.5. The first-order valence-electron chi connectivity index (χ1n) is 7.69. The van der Waals surface area contributed by atoms with Crippen molar-refractivity contribution in [3.05, 3.63) is 35.4 Å². The van der Waals surface area contributed by atoms with E-state index < -0.39 is 0 Å². The van der Waals surface area contributed by atoms with Gasteiger partial charge in [0.05, 0.1) is 7.11 Å². The number of rotatable bonds is 5. The van der Waals surface area contributed by atoms with Gasteiger partial charge < -0.3 is 20.5 Å². The number of ether oxygens (including phenoxy) is 2. The fourth-order valence-corrected chi connectivity index (χ4v) is 3.23. The SMILES string of the molecule is COc1cc2c(cc1C(CN)NC1CC=CC1)OC(C)C2. The molecule has 2 unspecified atom stereocenters. The van der Waals surface area contributed by atoms with Crippen LogP contribution in [0.5, 0.6) is 11.5 Å². The summed E-state index contributed by atoms with van der Waals surface area (Å²) in [5.74, 6) is 1.88. The number of hydrogen-bond donors (Lipinski definition) is 2. The van der Waals surface area contributed by atoms with Crippen molar-refractivity contribution in [3.8, 4) is 11.5 Å². The van der Waals surface area contributed by atoms with Crippen molar-refractivity contribution in [1.29, 1.82) is 0 Å². The third-order valence-electron chi connectivity index (χ3n) is 4.30. The molecule has 0 fully saturated rings. The maximum atomic E-state index is 6.00. The van der Waals surface area contributed by atoms with Crippen molar-refractivity contribution in [2.75, 3.05) is 13.7 Å². The van der Waals surface area contributed by atoms with E-state index in [0.29, 0.717) is 12.6 Å². The monoisotopic (exact) mass is 288 g/mol. The van der Waals surface area contributed by atoms with E-state index in [9.17, 15) is 0 Å². The molecule has 1 aliphatic carbocycles. The highest BCUT2D eigenvalue weighted by Crippen LogP contribution is 2.37. The molecule has 3 N–H and O–H groups in total. The molecule has 1 heterocycles. The third-order valence-corrected chi connectivity index (χ3v) is 4.30. The van der Waals surface area contributed by atoms with E-state index in [1.165, 1.54) is 5.56 Å². The molecular formula is C17H24N2O2. The van der Waals surface area contributed by atoms with Crippen molar-refractivity contribution in [1.82, 2.24) is 5.32 Å². The number of methoxy groups -OCH3 is 1. The summed E-state index contributed by atoms with van der Waals surface area (Å²) >= 11 is 0. The summed E-state index contributed by atoms with van der Waals surface area (Å²) in [5.41, 5.74) is 8.32.